The van der Waals surface area contributed by atoms with Crippen LogP contribution in [0.5, 0.6) is 0 Å². The van der Waals surface area contributed by atoms with Crippen LogP contribution in [0.1, 0.15) is 41.5 Å². The maximum Gasteiger partial charge on any atom is 0.00980 e. The zero-order valence-electron chi connectivity index (χ0n) is 13.7. The Morgan fingerprint density at radius 3 is 2.32 bits per heavy atom. The topological polar surface area (TPSA) is 3.24 Å². The first-order valence-corrected chi connectivity index (χ1v) is 8.50. The summed E-state index contributed by atoms with van der Waals surface area (Å²) in [7, 11) is 4.47. The third-order valence-electron chi connectivity index (χ3n) is 5.93. The third kappa shape index (κ3) is 2.19. The lowest BCUT2D eigenvalue weighted by atomic mass is 9.73. The van der Waals surface area contributed by atoms with Gasteiger partial charge in [-0.2, -0.15) is 0 Å². The molecule has 0 aliphatic heterocycles. The van der Waals surface area contributed by atoms with Crippen LogP contribution in [0.3, 0.4) is 0 Å². The maximum atomic E-state index is 2.42. The molecule has 2 atom stereocenters. The van der Waals surface area contributed by atoms with Crippen molar-refractivity contribution in [2.75, 3.05) is 14.1 Å². The number of benzene rings is 2. The molecule has 0 aromatic heterocycles. The summed E-state index contributed by atoms with van der Waals surface area (Å²) in [6.45, 7) is 0. The average molecular weight is 291 g/mol. The van der Waals surface area contributed by atoms with E-state index >= 15 is 0 Å². The van der Waals surface area contributed by atoms with Crippen LogP contribution in [0.15, 0.2) is 48.5 Å². The molecule has 1 saturated carbocycles. The number of rotatable bonds is 1. The molecular weight excluding hydrogens is 266 g/mol. The van der Waals surface area contributed by atoms with Gasteiger partial charge in [0.1, 0.15) is 0 Å². The molecule has 2 aliphatic rings. The van der Waals surface area contributed by atoms with Gasteiger partial charge in [0.05, 0.1) is 0 Å². The van der Waals surface area contributed by atoms with E-state index in [0.717, 1.165) is 12.5 Å². The normalized spacial score (nSPS) is 26.8. The first kappa shape index (κ1) is 14.0. The van der Waals surface area contributed by atoms with Crippen LogP contribution in [0.4, 0.5) is 0 Å². The van der Waals surface area contributed by atoms with Gasteiger partial charge in [-0.1, -0.05) is 48.5 Å². The van der Waals surface area contributed by atoms with Gasteiger partial charge in [0.15, 0.2) is 0 Å². The summed E-state index contributed by atoms with van der Waals surface area (Å²) in [6.07, 6.45) is 6.25. The monoisotopic (exact) mass is 291 g/mol. The summed E-state index contributed by atoms with van der Waals surface area (Å²) in [5, 5.41) is 0. The molecule has 4 rings (SSSR count). The summed E-state index contributed by atoms with van der Waals surface area (Å²) in [4.78, 5) is 2.42. The molecular formula is C21H25N. The lowest BCUT2D eigenvalue weighted by Crippen LogP contribution is -2.31. The fourth-order valence-electron chi connectivity index (χ4n) is 4.70. The third-order valence-corrected chi connectivity index (χ3v) is 5.93. The number of hydrogen-bond donors (Lipinski definition) is 0. The van der Waals surface area contributed by atoms with Crippen molar-refractivity contribution >= 4 is 0 Å². The zero-order valence-corrected chi connectivity index (χ0v) is 13.7. The quantitative estimate of drug-likeness (QED) is 0.761. The number of fused-ring (bicyclic) bond motifs is 3. The van der Waals surface area contributed by atoms with Crippen molar-refractivity contribution in [3.63, 3.8) is 0 Å². The molecule has 0 radical (unpaired) electrons. The van der Waals surface area contributed by atoms with Crippen molar-refractivity contribution < 1.29 is 0 Å². The smallest absolute Gasteiger partial charge is 0.00980 e. The van der Waals surface area contributed by atoms with Gasteiger partial charge < -0.3 is 4.90 Å². The van der Waals surface area contributed by atoms with Crippen molar-refractivity contribution in [3.05, 3.63) is 70.8 Å². The van der Waals surface area contributed by atoms with Gasteiger partial charge >= 0.3 is 0 Å². The maximum absolute atomic E-state index is 2.42. The molecule has 114 valence electrons. The second kappa shape index (κ2) is 5.24. The molecule has 2 aromatic carbocycles. The fourth-order valence-corrected chi connectivity index (χ4v) is 4.70. The standard InChI is InChI=1S/C21H25N/c1-22(2)19-11-12-21(15-19)14-18-9-4-3-7-16(18)13-17-8-5-6-10-20(17)21/h3-10,19H,11-15H2,1-2H3/t19?,21-/m0/s1. The molecule has 1 nitrogen and oxygen atoms in total. The Labute approximate surface area is 134 Å². The molecule has 22 heavy (non-hydrogen) atoms. The van der Waals surface area contributed by atoms with E-state index in [1.165, 1.54) is 31.2 Å². The Bertz CT molecular complexity index is 688. The zero-order chi connectivity index (χ0) is 15.2. The highest BCUT2D eigenvalue weighted by atomic mass is 15.1. The Kier molecular flexibility index (Phi) is 3.34. The minimum Gasteiger partial charge on any atom is -0.306 e. The summed E-state index contributed by atoms with van der Waals surface area (Å²) < 4.78 is 0. The second-order valence-electron chi connectivity index (χ2n) is 7.42. The average Bonchev–Trinajstić information content (AvgIpc) is 2.89. The van der Waals surface area contributed by atoms with E-state index in [1.807, 2.05) is 0 Å². The van der Waals surface area contributed by atoms with Crippen molar-refractivity contribution in [2.24, 2.45) is 0 Å². The van der Waals surface area contributed by atoms with Crippen molar-refractivity contribution in [2.45, 2.75) is 43.6 Å². The van der Waals surface area contributed by atoms with E-state index in [2.05, 4.69) is 67.5 Å². The molecule has 0 bridgehead atoms. The SMILES string of the molecule is CN(C)C1CC[C@]2(Cc3ccccc3Cc3ccccc32)C1. The van der Waals surface area contributed by atoms with Crippen molar-refractivity contribution in [3.8, 4) is 0 Å². The fraction of sp³-hybridized carbons (Fsp3) is 0.429. The van der Waals surface area contributed by atoms with E-state index in [4.69, 9.17) is 0 Å². The van der Waals surface area contributed by atoms with Gasteiger partial charge in [0.25, 0.3) is 0 Å². The van der Waals surface area contributed by atoms with E-state index in [-0.39, 0.29) is 0 Å². The highest BCUT2D eigenvalue weighted by Gasteiger charge is 2.43. The van der Waals surface area contributed by atoms with E-state index in [0.29, 0.717) is 5.41 Å². The molecule has 1 heteroatoms. The summed E-state index contributed by atoms with van der Waals surface area (Å²) in [6, 6.07) is 19.0. The van der Waals surface area contributed by atoms with Gasteiger partial charge in [-0.15, -0.1) is 0 Å². The molecule has 1 spiro atoms. The first-order chi connectivity index (χ1) is 10.7. The minimum atomic E-state index is 0.345. The largest absolute Gasteiger partial charge is 0.306 e. The van der Waals surface area contributed by atoms with Crippen LogP contribution in [0, 0.1) is 0 Å². The predicted molar refractivity (Wildman–Crippen MR) is 92.4 cm³/mol. The van der Waals surface area contributed by atoms with Gasteiger partial charge in [-0.3, -0.25) is 0 Å². The summed E-state index contributed by atoms with van der Waals surface area (Å²) >= 11 is 0. The van der Waals surface area contributed by atoms with Gasteiger partial charge in [-0.05, 0) is 68.5 Å². The summed E-state index contributed by atoms with van der Waals surface area (Å²) in [5.74, 6) is 0. The van der Waals surface area contributed by atoms with Gasteiger partial charge in [0.2, 0.25) is 0 Å². The van der Waals surface area contributed by atoms with Crippen LogP contribution in [0.25, 0.3) is 0 Å². The second-order valence-corrected chi connectivity index (χ2v) is 7.42. The molecule has 0 heterocycles. The minimum absolute atomic E-state index is 0.345. The van der Waals surface area contributed by atoms with Crippen LogP contribution >= 0.6 is 0 Å². The van der Waals surface area contributed by atoms with E-state index in [9.17, 15) is 0 Å². The van der Waals surface area contributed by atoms with E-state index < -0.39 is 0 Å². The van der Waals surface area contributed by atoms with Crippen molar-refractivity contribution in [1.29, 1.82) is 0 Å². The molecule has 2 aliphatic carbocycles. The highest BCUT2D eigenvalue weighted by molar-refractivity contribution is 5.46. The molecule has 0 N–H and O–H groups in total. The Balaban J connectivity index is 1.84. The Morgan fingerprint density at radius 2 is 1.59 bits per heavy atom. The summed E-state index contributed by atoms with van der Waals surface area (Å²) in [5.41, 5.74) is 6.61. The Hall–Kier alpha value is -1.60. The Morgan fingerprint density at radius 1 is 0.909 bits per heavy atom. The lowest BCUT2D eigenvalue weighted by Gasteiger charge is -2.32. The molecule has 1 unspecified atom stereocenters. The number of hydrogen-bond acceptors (Lipinski definition) is 1. The highest BCUT2D eigenvalue weighted by Crippen LogP contribution is 2.48. The van der Waals surface area contributed by atoms with Crippen LogP contribution < -0.4 is 0 Å². The van der Waals surface area contributed by atoms with Crippen LogP contribution in [0.2, 0.25) is 0 Å². The molecule has 0 saturated heterocycles. The molecule has 2 aromatic rings. The van der Waals surface area contributed by atoms with E-state index in [1.54, 1.807) is 16.7 Å². The molecule has 0 amide bonds. The van der Waals surface area contributed by atoms with Gasteiger partial charge in [-0.25, -0.2) is 0 Å². The lowest BCUT2D eigenvalue weighted by molar-refractivity contribution is 0.282. The van der Waals surface area contributed by atoms with Gasteiger partial charge in [0, 0.05) is 11.5 Å². The molecule has 1 fully saturated rings. The first-order valence-electron chi connectivity index (χ1n) is 8.50. The number of nitrogens with zero attached hydrogens (tertiary/aromatic N) is 1. The van der Waals surface area contributed by atoms with Crippen LogP contribution in [-0.2, 0) is 18.3 Å². The van der Waals surface area contributed by atoms with Crippen LogP contribution in [-0.4, -0.2) is 25.0 Å². The van der Waals surface area contributed by atoms with Crippen molar-refractivity contribution in [1.82, 2.24) is 4.90 Å². The predicted octanol–water partition coefficient (Wildman–Crippen LogP) is 4.19.